The number of rotatable bonds is 5. The summed E-state index contributed by atoms with van der Waals surface area (Å²) in [4.78, 5) is 0. The van der Waals surface area contributed by atoms with E-state index in [1.807, 2.05) is 109 Å². The van der Waals surface area contributed by atoms with E-state index < -0.39 is 0 Å². The molecule has 58 heavy (non-hydrogen) atoms. The van der Waals surface area contributed by atoms with Crippen LogP contribution >= 0.6 is 0 Å². The van der Waals surface area contributed by atoms with Crippen molar-refractivity contribution in [1.82, 2.24) is 9.13 Å². The van der Waals surface area contributed by atoms with Gasteiger partial charge in [-0.15, -0.1) is 0 Å². The zero-order chi connectivity index (χ0) is 39.3. The average molecular weight is 737 g/mol. The van der Waals surface area contributed by atoms with Crippen molar-refractivity contribution in [2.24, 2.45) is 0 Å². The molecule has 2 heterocycles. The molecule has 0 saturated carbocycles. The zero-order valence-electron chi connectivity index (χ0n) is 30.8. The van der Waals surface area contributed by atoms with Gasteiger partial charge in [-0.2, -0.15) is 21.0 Å². The summed E-state index contributed by atoms with van der Waals surface area (Å²) in [7, 11) is 0. The van der Waals surface area contributed by atoms with Crippen LogP contribution < -0.4 is 0 Å². The van der Waals surface area contributed by atoms with Gasteiger partial charge < -0.3 is 9.13 Å². The van der Waals surface area contributed by atoms with E-state index in [0.717, 1.165) is 77.2 Å². The normalized spacial score (nSPS) is 11.0. The molecular weight excluding hydrogens is 709 g/mol. The Hall–Kier alpha value is -8.68. The van der Waals surface area contributed by atoms with Crippen LogP contribution in [0.2, 0.25) is 0 Å². The van der Waals surface area contributed by atoms with Crippen molar-refractivity contribution in [2.75, 3.05) is 0 Å². The van der Waals surface area contributed by atoms with Crippen LogP contribution in [0.4, 0.5) is 0 Å². The Balaban J connectivity index is 1.14. The molecule has 266 valence electrons. The lowest BCUT2D eigenvalue weighted by Gasteiger charge is -2.15. The summed E-state index contributed by atoms with van der Waals surface area (Å²) in [5.74, 6) is 0. The van der Waals surface area contributed by atoms with Crippen LogP contribution in [0.25, 0.3) is 88.4 Å². The standard InChI is InChI=1S/C52H28N6/c53-29-33-9-13-35(14-10-33)37-19-23-51-47(25-37)43-5-1-3-7-49(43)57(51)41-21-17-39(31-55)45(27-41)46-28-42(22-18-40(46)32-56)58-50-8-4-2-6-44(50)48-26-38(20-24-52(48)58)36-15-11-34(30-54)12-16-36/h1-28H. The highest BCUT2D eigenvalue weighted by Crippen LogP contribution is 2.40. The molecule has 0 saturated heterocycles. The van der Waals surface area contributed by atoms with Gasteiger partial charge in [-0.1, -0.05) is 72.8 Å². The molecule has 10 rings (SSSR count). The molecule has 0 aliphatic heterocycles. The SMILES string of the molecule is N#Cc1ccc(-c2ccc3c(c2)c2ccccc2n3-c2ccc(C#N)c(-c3cc(-n4c5ccccc5c5cc(-c6ccc(C#N)cc6)ccc54)ccc3C#N)c2)cc1. The van der Waals surface area contributed by atoms with E-state index in [9.17, 15) is 21.0 Å². The van der Waals surface area contributed by atoms with Crippen molar-refractivity contribution >= 4 is 43.6 Å². The Bertz CT molecular complexity index is 3250. The van der Waals surface area contributed by atoms with Crippen molar-refractivity contribution in [3.8, 4) is 69.0 Å². The minimum atomic E-state index is 0.468. The second kappa shape index (κ2) is 13.6. The van der Waals surface area contributed by atoms with Gasteiger partial charge in [0.1, 0.15) is 0 Å². The first-order valence-corrected chi connectivity index (χ1v) is 18.7. The first-order valence-electron chi connectivity index (χ1n) is 18.7. The second-order valence-electron chi connectivity index (χ2n) is 14.2. The molecule has 8 aromatic carbocycles. The third-order valence-electron chi connectivity index (χ3n) is 11.1. The maximum atomic E-state index is 10.5. The zero-order valence-corrected chi connectivity index (χ0v) is 30.8. The van der Waals surface area contributed by atoms with Gasteiger partial charge in [0.2, 0.25) is 0 Å². The molecule has 0 N–H and O–H groups in total. The lowest BCUT2D eigenvalue weighted by molar-refractivity contribution is 1.17. The fraction of sp³-hybridized carbons (Fsp3) is 0. The van der Waals surface area contributed by atoms with Crippen LogP contribution in [0.3, 0.4) is 0 Å². The van der Waals surface area contributed by atoms with Gasteiger partial charge in [0, 0.05) is 44.0 Å². The van der Waals surface area contributed by atoms with E-state index in [1.54, 1.807) is 0 Å². The number of nitrogens with zero attached hydrogens (tertiary/aromatic N) is 6. The number of hydrogen-bond donors (Lipinski definition) is 0. The van der Waals surface area contributed by atoms with Crippen molar-refractivity contribution in [1.29, 1.82) is 21.0 Å². The van der Waals surface area contributed by atoms with E-state index in [4.69, 9.17) is 0 Å². The number of fused-ring (bicyclic) bond motifs is 6. The quantitative estimate of drug-likeness (QED) is 0.175. The smallest absolute Gasteiger partial charge is 0.0998 e. The third-order valence-corrected chi connectivity index (χ3v) is 11.1. The van der Waals surface area contributed by atoms with Gasteiger partial charge in [0.05, 0.1) is 68.6 Å². The molecule has 2 aromatic heterocycles. The molecule has 0 bridgehead atoms. The van der Waals surface area contributed by atoms with Gasteiger partial charge in [0.15, 0.2) is 0 Å². The highest BCUT2D eigenvalue weighted by atomic mass is 15.0. The van der Waals surface area contributed by atoms with E-state index in [0.29, 0.717) is 33.4 Å². The molecule has 10 aromatic rings. The van der Waals surface area contributed by atoms with Crippen LogP contribution in [0.15, 0.2) is 170 Å². The van der Waals surface area contributed by atoms with E-state index in [2.05, 4.69) is 94.1 Å². The van der Waals surface area contributed by atoms with Crippen LogP contribution in [-0.4, -0.2) is 9.13 Å². The molecule has 0 spiro atoms. The Morgan fingerprint density at radius 1 is 0.310 bits per heavy atom. The number of aromatic nitrogens is 2. The van der Waals surface area contributed by atoms with Crippen LogP contribution in [0.1, 0.15) is 22.3 Å². The summed E-state index contributed by atoms with van der Waals surface area (Å²) >= 11 is 0. The van der Waals surface area contributed by atoms with Gasteiger partial charge in [-0.25, -0.2) is 0 Å². The number of para-hydroxylation sites is 2. The first-order chi connectivity index (χ1) is 28.6. The molecule has 0 radical (unpaired) electrons. The highest BCUT2D eigenvalue weighted by Gasteiger charge is 2.19. The Labute approximate surface area is 333 Å². The molecule has 0 fully saturated rings. The van der Waals surface area contributed by atoms with E-state index in [1.165, 1.54) is 0 Å². The summed E-state index contributed by atoms with van der Waals surface area (Å²) in [6.07, 6.45) is 0. The summed E-state index contributed by atoms with van der Waals surface area (Å²) in [6, 6.07) is 65.5. The van der Waals surface area contributed by atoms with Crippen LogP contribution in [-0.2, 0) is 0 Å². The van der Waals surface area contributed by atoms with Gasteiger partial charge in [0.25, 0.3) is 0 Å². The maximum absolute atomic E-state index is 10.5. The topological polar surface area (TPSA) is 105 Å². The largest absolute Gasteiger partial charge is 0.309 e. The first kappa shape index (κ1) is 33.9. The lowest BCUT2D eigenvalue weighted by Crippen LogP contribution is -1.99. The van der Waals surface area contributed by atoms with Crippen molar-refractivity contribution < 1.29 is 0 Å². The fourth-order valence-electron chi connectivity index (χ4n) is 8.32. The Morgan fingerprint density at radius 2 is 0.690 bits per heavy atom. The van der Waals surface area contributed by atoms with Crippen molar-refractivity contribution in [3.63, 3.8) is 0 Å². The van der Waals surface area contributed by atoms with Gasteiger partial charge in [-0.3, -0.25) is 0 Å². The van der Waals surface area contributed by atoms with Crippen molar-refractivity contribution in [2.45, 2.75) is 0 Å². The Kier molecular flexibility index (Phi) is 7.92. The molecule has 6 nitrogen and oxygen atoms in total. The predicted octanol–water partition coefficient (Wildman–Crippen LogP) is 12.4. The number of benzene rings is 8. The maximum Gasteiger partial charge on any atom is 0.0998 e. The molecule has 6 heteroatoms. The summed E-state index contributed by atoms with van der Waals surface area (Å²) in [6.45, 7) is 0. The average Bonchev–Trinajstić information content (AvgIpc) is 3.81. The predicted molar refractivity (Wildman–Crippen MR) is 230 cm³/mol. The van der Waals surface area contributed by atoms with E-state index >= 15 is 0 Å². The Morgan fingerprint density at radius 3 is 1.09 bits per heavy atom. The monoisotopic (exact) mass is 736 g/mol. The number of nitriles is 4. The summed E-state index contributed by atoms with van der Waals surface area (Å²) in [5.41, 5.74) is 13.4. The summed E-state index contributed by atoms with van der Waals surface area (Å²) < 4.78 is 4.43. The molecule has 0 amide bonds. The van der Waals surface area contributed by atoms with Gasteiger partial charge >= 0.3 is 0 Å². The van der Waals surface area contributed by atoms with Crippen LogP contribution in [0.5, 0.6) is 0 Å². The third kappa shape index (κ3) is 5.38. The van der Waals surface area contributed by atoms with Gasteiger partial charge in [-0.05, 0) is 119 Å². The molecule has 0 atom stereocenters. The van der Waals surface area contributed by atoms with Crippen molar-refractivity contribution in [3.05, 3.63) is 192 Å². The molecular formula is C52H28N6. The molecule has 0 aliphatic rings. The summed E-state index contributed by atoms with van der Waals surface area (Å²) in [5, 5.41) is 43.9. The fourth-order valence-corrected chi connectivity index (χ4v) is 8.32. The van der Waals surface area contributed by atoms with E-state index in [-0.39, 0.29) is 0 Å². The minimum absolute atomic E-state index is 0.468. The second-order valence-corrected chi connectivity index (χ2v) is 14.2. The molecule has 0 unspecified atom stereocenters. The number of hydrogen-bond acceptors (Lipinski definition) is 4. The lowest BCUT2D eigenvalue weighted by atomic mass is 9.95. The minimum Gasteiger partial charge on any atom is -0.309 e. The highest BCUT2D eigenvalue weighted by molar-refractivity contribution is 6.12. The van der Waals surface area contributed by atoms with Crippen LogP contribution in [0, 0.1) is 45.3 Å². The molecule has 0 aliphatic carbocycles.